The van der Waals surface area contributed by atoms with Crippen LogP contribution in [0.5, 0.6) is 5.75 Å². The average Bonchev–Trinajstić information content (AvgIpc) is 2.67. The molecular weight excluding hydrogens is 360 g/mol. The Morgan fingerprint density at radius 1 is 0.929 bits per heavy atom. The molecule has 0 bridgehead atoms. The van der Waals surface area contributed by atoms with Gasteiger partial charge in [-0.3, -0.25) is 10.1 Å². The fourth-order valence-corrected chi connectivity index (χ4v) is 2.26. The molecule has 7 nitrogen and oxygen atoms in total. The van der Waals surface area contributed by atoms with Crippen molar-refractivity contribution in [3.05, 3.63) is 65.7 Å². The first-order valence-corrected chi connectivity index (χ1v) is 8.95. The summed E-state index contributed by atoms with van der Waals surface area (Å²) in [4.78, 5) is 36.0. The lowest BCUT2D eigenvalue weighted by Gasteiger charge is -2.14. The second-order valence-corrected chi connectivity index (χ2v) is 6.40. The zero-order chi connectivity index (χ0) is 20.5. The Balaban J connectivity index is 1.80. The maximum absolute atomic E-state index is 12.1. The normalized spacial score (nSPS) is 11.4. The summed E-state index contributed by atoms with van der Waals surface area (Å²) < 4.78 is 10.6. The van der Waals surface area contributed by atoms with Crippen molar-refractivity contribution in [2.75, 3.05) is 0 Å². The molecule has 2 N–H and O–H groups in total. The quantitative estimate of drug-likeness (QED) is 0.716. The van der Waals surface area contributed by atoms with Crippen LogP contribution in [0.15, 0.2) is 54.6 Å². The summed E-state index contributed by atoms with van der Waals surface area (Å²) in [5.41, 5.74) is 1.18. The second kappa shape index (κ2) is 10.1. The van der Waals surface area contributed by atoms with Crippen LogP contribution in [-0.4, -0.2) is 30.1 Å². The molecule has 0 radical (unpaired) electrons. The van der Waals surface area contributed by atoms with E-state index in [1.807, 2.05) is 44.2 Å². The highest BCUT2D eigenvalue weighted by Gasteiger charge is 2.20. The van der Waals surface area contributed by atoms with E-state index >= 15 is 0 Å². The second-order valence-electron chi connectivity index (χ2n) is 6.40. The van der Waals surface area contributed by atoms with Gasteiger partial charge in [-0.15, -0.1) is 0 Å². The van der Waals surface area contributed by atoms with E-state index in [0.29, 0.717) is 5.75 Å². The van der Waals surface area contributed by atoms with Crippen molar-refractivity contribution in [3.63, 3.8) is 0 Å². The first kappa shape index (κ1) is 21.0. The lowest BCUT2D eigenvalue weighted by Crippen LogP contribution is -2.44. The molecule has 148 valence electrons. The summed E-state index contributed by atoms with van der Waals surface area (Å²) >= 11 is 0. The highest BCUT2D eigenvalue weighted by atomic mass is 16.5. The van der Waals surface area contributed by atoms with Gasteiger partial charge >= 0.3 is 12.0 Å². The topological polar surface area (TPSA) is 93.7 Å². The number of nitrogens with one attached hydrogen (secondary N) is 2. The molecule has 2 rings (SSSR count). The molecule has 0 aliphatic heterocycles. The third-order valence-electron chi connectivity index (χ3n) is 3.65. The molecule has 0 saturated carbocycles. The number of imide groups is 1. The van der Waals surface area contributed by atoms with Gasteiger partial charge in [-0.05, 0) is 50.6 Å². The minimum Gasteiger partial charge on any atom is -0.491 e. The Hall–Kier alpha value is -3.35. The fraction of sp³-hybridized carbons (Fsp3) is 0.286. The summed E-state index contributed by atoms with van der Waals surface area (Å²) in [6.45, 7) is 5.48. The molecule has 2 aromatic rings. The Labute approximate surface area is 164 Å². The number of hydrogen-bond donors (Lipinski definition) is 2. The maximum atomic E-state index is 12.1. The Kier molecular flexibility index (Phi) is 7.56. The van der Waals surface area contributed by atoms with Crippen LogP contribution >= 0.6 is 0 Å². The fourth-order valence-electron chi connectivity index (χ4n) is 2.26. The zero-order valence-corrected chi connectivity index (χ0v) is 16.1. The number of hydrogen-bond acceptors (Lipinski definition) is 5. The van der Waals surface area contributed by atoms with Crippen LogP contribution in [0.1, 0.15) is 36.7 Å². The van der Waals surface area contributed by atoms with Crippen molar-refractivity contribution in [2.24, 2.45) is 0 Å². The van der Waals surface area contributed by atoms with E-state index in [4.69, 9.17) is 9.47 Å². The number of carbonyl (C=O) groups excluding carboxylic acids is 3. The van der Waals surface area contributed by atoms with E-state index in [1.165, 1.54) is 6.92 Å². The minimum absolute atomic E-state index is 0.0227. The molecule has 28 heavy (non-hydrogen) atoms. The van der Waals surface area contributed by atoms with Crippen LogP contribution in [0.3, 0.4) is 0 Å². The zero-order valence-electron chi connectivity index (χ0n) is 16.1. The number of urea groups is 1. The lowest BCUT2D eigenvalue weighted by atomic mass is 10.2. The third-order valence-corrected chi connectivity index (χ3v) is 3.65. The van der Waals surface area contributed by atoms with Gasteiger partial charge < -0.3 is 14.8 Å². The van der Waals surface area contributed by atoms with Crippen molar-refractivity contribution in [1.29, 1.82) is 0 Å². The first-order chi connectivity index (χ1) is 13.3. The van der Waals surface area contributed by atoms with Gasteiger partial charge in [0.2, 0.25) is 0 Å². The SMILES string of the molecule is CC(C)Oc1ccc(C(=O)OC(C)C(=O)NC(=O)NCc2ccccc2)cc1. The van der Waals surface area contributed by atoms with E-state index in [0.717, 1.165) is 5.56 Å². The summed E-state index contributed by atoms with van der Waals surface area (Å²) in [6.07, 6.45) is -1.10. The third kappa shape index (κ3) is 6.75. The number of benzene rings is 2. The molecule has 1 atom stereocenters. The first-order valence-electron chi connectivity index (χ1n) is 8.95. The number of carbonyl (C=O) groups is 3. The minimum atomic E-state index is -1.12. The molecule has 1 unspecified atom stereocenters. The van der Waals surface area contributed by atoms with Crippen LogP contribution < -0.4 is 15.4 Å². The molecule has 0 aliphatic rings. The summed E-state index contributed by atoms with van der Waals surface area (Å²) in [5, 5.41) is 4.72. The standard InChI is InChI=1S/C21H24N2O5/c1-14(2)27-18-11-9-17(10-12-18)20(25)28-15(3)19(24)23-21(26)22-13-16-7-5-4-6-8-16/h4-12,14-15H,13H2,1-3H3,(H2,22,23,24,26). The van der Waals surface area contributed by atoms with Crippen LogP contribution in [0.25, 0.3) is 0 Å². The number of ether oxygens (including phenoxy) is 2. The largest absolute Gasteiger partial charge is 0.491 e. The van der Waals surface area contributed by atoms with E-state index in [2.05, 4.69) is 10.6 Å². The number of rotatable bonds is 7. The molecular formula is C21H24N2O5. The molecule has 3 amide bonds. The van der Waals surface area contributed by atoms with E-state index in [1.54, 1.807) is 24.3 Å². The van der Waals surface area contributed by atoms with Crippen molar-refractivity contribution in [1.82, 2.24) is 10.6 Å². The van der Waals surface area contributed by atoms with Crippen molar-refractivity contribution in [2.45, 2.75) is 39.5 Å². The van der Waals surface area contributed by atoms with E-state index in [-0.39, 0.29) is 18.2 Å². The molecule has 2 aromatic carbocycles. The smallest absolute Gasteiger partial charge is 0.338 e. The maximum Gasteiger partial charge on any atom is 0.338 e. The van der Waals surface area contributed by atoms with Crippen LogP contribution in [-0.2, 0) is 16.1 Å². The monoisotopic (exact) mass is 384 g/mol. The van der Waals surface area contributed by atoms with E-state index in [9.17, 15) is 14.4 Å². The van der Waals surface area contributed by atoms with Gasteiger partial charge in [0.25, 0.3) is 5.91 Å². The van der Waals surface area contributed by atoms with Crippen LogP contribution in [0.4, 0.5) is 4.79 Å². The lowest BCUT2D eigenvalue weighted by molar-refractivity contribution is -0.127. The molecule has 0 aliphatic carbocycles. The molecule has 0 spiro atoms. The molecule has 0 fully saturated rings. The average molecular weight is 384 g/mol. The summed E-state index contributed by atoms with van der Waals surface area (Å²) in [5.74, 6) is -0.741. The number of amides is 3. The molecule has 0 saturated heterocycles. The Morgan fingerprint density at radius 2 is 1.57 bits per heavy atom. The highest BCUT2D eigenvalue weighted by Crippen LogP contribution is 2.15. The van der Waals surface area contributed by atoms with Gasteiger partial charge in [-0.1, -0.05) is 30.3 Å². The highest BCUT2D eigenvalue weighted by molar-refractivity contribution is 5.98. The summed E-state index contributed by atoms with van der Waals surface area (Å²) in [7, 11) is 0. The van der Waals surface area contributed by atoms with Gasteiger partial charge in [-0.2, -0.15) is 0 Å². The summed E-state index contributed by atoms with van der Waals surface area (Å²) in [6, 6.07) is 15.0. The Bertz CT molecular complexity index is 803. The van der Waals surface area contributed by atoms with Gasteiger partial charge in [0, 0.05) is 6.54 Å². The van der Waals surface area contributed by atoms with Crippen molar-refractivity contribution >= 4 is 17.9 Å². The molecule has 0 heterocycles. The molecule has 7 heteroatoms. The van der Waals surface area contributed by atoms with Crippen LogP contribution in [0.2, 0.25) is 0 Å². The molecule has 0 aromatic heterocycles. The van der Waals surface area contributed by atoms with Crippen LogP contribution in [0, 0.1) is 0 Å². The predicted octanol–water partition coefficient (Wildman–Crippen LogP) is 3.05. The van der Waals surface area contributed by atoms with Gasteiger partial charge in [-0.25, -0.2) is 9.59 Å². The van der Waals surface area contributed by atoms with Crippen molar-refractivity contribution in [3.8, 4) is 5.75 Å². The van der Waals surface area contributed by atoms with Crippen molar-refractivity contribution < 1.29 is 23.9 Å². The number of esters is 1. The Morgan fingerprint density at radius 3 is 2.18 bits per heavy atom. The predicted molar refractivity (Wildman–Crippen MR) is 104 cm³/mol. The van der Waals surface area contributed by atoms with Gasteiger partial charge in [0.15, 0.2) is 6.10 Å². The van der Waals surface area contributed by atoms with Gasteiger partial charge in [0.1, 0.15) is 5.75 Å². The van der Waals surface area contributed by atoms with Gasteiger partial charge in [0.05, 0.1) is 11.7 Å². The van der Waals surface area contributed by atoms with E-state index < -0.39 is 24.0 Å².